The molecule has 6 nitrogen and oxygen atoms in total. The maximum atomic E-state index is 13.8. The first-order valence-electron chi connectivity index (χ1n) is 12.2. The molecule has 0 N–H and O–H groups in total. The Hall–Kier alpha value is -3.75. The molecule has 0 saturated carbocycles. The van der Waals surface area contributed by atoms with Crippen LogP contribution in [0.1, 0.15) is 36.6 Å². The summed E-state index contributed by atoms with van der Waals surface area (Å²) in [5.74, 6) is 0.239. The molecule has 0 bridgehead atoms. The molecule has 8 heteroatoms. The smallest absolute Gasteiger partial charge is 0.338 e. The van der Waals surface area contributed by atoms with Gasteiger partial charge in [0, 0.05) is 4.47 Å². The van der Waals surface area contributed by atoms with E-state index in [0.717, 1.165) is 21.2 Å². The molecule has 1 aromatic heterocycles. The maximum absolute atomic E-state index is 13.8. The number of esters is 1. The van der Waals surface area contributed by atoms with Gasteiger partial charge in [0.1, 0.15) is 12.4 Å². The van der Waals surface area contributed by atoms with Crippen LogP contribution < -0.4 is 19.6 Å². The first kappa shape index (κ1) is 25.9. The Morgan fingerprint density at radius 2 is 1.84 bits per heavy atom. The minimum atomic E-state index is -0.638. The van der Waals surface area contributed by atoms with E-state index < -0.39 is 12.0 Å². The number of fused-ring (bicyclic) bond motifs is 1. The van der Waals surface area contributed by atoms with Gasteiger partial charge in [-0.1, -0.05) is 81.9 Å². The number of benzene rings is 3. The van der Waals surface area contributed by atoms with E-state index >= 15 is 0 Å². The predicted octanol–water partition coefficient (Wildman–Crippen LogP) is 5.14. The molecule has 0 unspecified atom stereocenters. The van der Waals surface area contributed by atoms with Crippen LogP contribution in [0.25, 0.3) is 6.08 Å². The van der Waals surface area contributed by atoms with Gasteiger partial charge in [0.25, 0.3) is 5.56 Å². The highest BCUT2D eigenvalue weighted by Gasteiger charge is 2.33. The Morgan fingerprint density at radius 3 is 2.58 bits per heavy atom. The van der Waals surface area contributed by atoms with Gasteiger partial charge in [-0.05, 0) is 60.9 Å². The van der Waals surface area contributed by atoms with E-state index in [9.17, 15) is 9.59 Å². The third kappa shape index (κ3) is 5.42. The zero-order valence-electron chi connectivity index (χ0n) is 20.9. The van der Waals surface area contributed by atoms with Crippen molar-refractivity contribution < 1.29 is 14.3 Å². The van der Waals surface area contributed by atoms with Gasteiger partial charge in [0.2, 0.25) is 0 Å². The average molecular weight is 590 g/mol. The second kappa shape index (κ2) is 11.3. The van der Waals surface area contributed by atoms with Gasteiger partial charge in [-0.2, -0.15) is 0 Å². The summed E-state index contributed by atoms with van der Waals surface area (Å²) >= 11 is 4.76. The number of carbonyl (C=O) groups excluding carboxylic acids is 1. The van der Waals surface area contributed by atoms with Gasteiger partial charge in [-0.15, -0.1) is 0 Å². The third-order valence-electron chi connectivity index (χ3n) is 6.11. The molecule has 2 heterocycles. The highest BCUT2D eigenvalue weighted by molar-refractivity contribution is 9.10. The van der Waals surface area contributed by atoms with Crippen LogP contribution in [0.2, 0.25) is 0 Å². The standard InChI is InChI=1S/C30H25BrN2O4S/c1-3-36-29(35)26-19(2)32-30-33(27(26)22-12-14-23(31)15-13-22)28(34)25(38-30)17-21-10-7-11-24(16-21)37-18-20-8-5-4-6-9-20/h4-17,27H,3,18H2,1-2H3/b25-17-/t27-/m1/s1. The van der Waals surface area contributed by atoms with Crippen LogP contribution in [0, 0.1) is 0 Å². The minimum Gasteiger partial charge on any atom is -0.489 e. The molecule has 4 aromatic rings. The number of halogens is 1. The number of hydrogen-bond acceptors (Lipinski definition) is 6. The van der Waals surface area contributed by atoms with Gasteiger partial charge in [-0.25, -0.2) is 9.79 Å². The molecule has 0 fully saturated rings. The number of thiazole rings is 1. The lowest BCUT2D eigenvalue weighted by Crippen LogP contribution is -2.39. The van der Waals surface area contributed by atoms with E-state index in [0.29, 0.717) is 33.0 Å². The molecule has 192 valence electrons. The second-order valence-electron chi connectivity index (χ2n) is 8.70. The molecule has 1 aliphatic heterocycles. The number of carbonyl (C=O) groups is 1. The Balaban J connectivity index is 1.55. The van der Waals surface area contributed by atoms with Crippen LogP contribution in [0.3, 0.4) is 0 Å². The topological polar surface area (TPSA) is 69.9 Å². The van der Waals surface area contributed by atoms with Crippen LogP contribution in [0.5, 0.6) is 5.75 Å². The number of allylic oxidation sites excluding steroid dienone is 1. The number of nitrogens with zero attached hydrogens (tertiary/aromatic N) is 2. The van der Waals surface area contributed by atoms with Crippen LogP contribution in [-0.2, 0) is 16.1 Å². The quantitative estimate of drug-likeness (QED) is 0.280. The number of hydrogen-bond donors (Lipinski definition) is 0. The van der Waals surface area contributed by atoms with Crippen LogP contribution in [0.15, 0.2) is 104 Å². The molecule has 0 aliphatic carbocycles. The Kier molecular flexibility index (Phi) is 7.72. The fourth-order valence-electron chi connectivity index (χ4n) is 4.34. The highest BCUT2D eigenvalue weighted by atomic mass is 79.9. The summed E-state index contributed by atoms with van der Waals surface area (Å²) in [7, 11) is 0. The Labute approximate surface area is 232 Å². The van der Waals surface area contributed by atoms with Crippen molar-refractivity contribution in [3.05, 3.63) is 131 Å². The van der Waals surface area contributed by atoms with Crippen molar-refractivity contribution in [3.63, 3.8) is 0 Å². The molecule has 5 rings (SSSR count). The van der Waals surface area contributed by atoms with Crippen molar-refractivity contribution in [2.45, 2.75) is 26.5 Å². The van der Waals surface area contributed by atoms with E-state index in [1.807, 2.05) is 84.9 Å². The molecule has 3 aromatic carbocycles. The van der Waals surface area contributed by atoms with Crippen molar-refractivity contribution in [3.8, 4) is 5.75 Å². The molecule has 0 radical (unpaired) electrons. The first-order valence-corrected chi connectivity index (χ1v) is 13.8. The lowest BCUT2D eigenvalue weighted by molar-refractivity contribution is -0.139. The Bertz CT molecular complexity index is 1690. The van der Waals surface area contributed by atoms with E-state index in [4.69, 9.17) is 9.47 Å². The zero-order chi connectivity index (χ0) is 26.6. The fraction of sp³-hybridized carbons (Fsp3) is 0.167. The van der Waals surface area contributed by atoms with Crippen molar-refractivity contribution >= 4 is 39.3 Å². The van der Waals surface area contributed by atoms with Crippen LogP contribution >= 0.6 is 27.3 Å². The lowest BCUT2D eigenvalue weighted by atomic mass is 9.96. The summed E-state index contributed by atoms with van der Waals surface area (Å²) in [6, 6.07) is 24.5. The molecular formula is C30H25BrN2O4S. The number of rotatable bonds is 7. The van der Waals surface area contributed by atoms with E-state index in [-0.39, 0.29) is 12.2 Å². The zero-order valence-corrected chi connectivity index (χ0v) is 23.3. The largest absolute Gasteiger partial charge is 0.489 e. The van der Waals surface area contributed by atoms with E-state index in [1.54, 1.807) is 18.4 Å². The lowest BCUT2D eigenvalue weighted by Gasteiger charge is -2.24. The summed E-state index contributed by atoms with van der Waals surface area (Å²) < 4.78 is 14.3. The molecule has 38 heavy (non-hydrogen) atoms. The van der Waals surface area contributed by atoms with Gasteiger partial charge < -0.3 is 9.47 Å². The Morgan fingerprint density at radius 1 is 1.08 bits per heavy atom. The number of aromatic nitrogens is 1. The molecule has 0 spiro atoms. The first-order chi connectivity index (χ1) is 18.4. The van der Waals surface area contributed by atoms with Crippen LogP contribution in [-0.4, -0.2) is 17.1 Å². The van der Waals surface area contributed by atoms with Gasteiger partial charge >= 0.3 is 5.97 Å². The SMILES string of the molecule is CCOC(=O)C1=C(C)N=c2s/c(=C\c3cccc(OCc4ccccc4)c3)c(=O)n2[C@@H]1c1ccc(Br)cc1. The summed E-state index contributed by atoms with van der Waals surface area (Å²) in [5.41, 5.74) is 3.40. The average Bonchev–Trinajstić information content (AvgIpc) is 3.22. The highest BCUT2D eigenvalue weighted by Crippen LogP contribution is 2.31. The molecule has 1 aliphatic rings. The fourth-order valence-corrected chi connectivity index (χ4v) is 5.65. The summed E-state index contributed by atoms with van der Waals surface area (Å²) in [5, 5.41) is 0. The second-order valence-corrected chi connectivity index (χ2v) is 10.6. The summed E-state index contributed by atoms with van der Waals surface area (Å²) in [6.07, 6.45) is 1.83. The molecule has 1 atom stereocenters. The van der Waals surface area contributed by atoms with Gasteiger partial charge in [-0.3, -0.25) is 9.36 Å². The van der Waals surface area contributed by atoms with Crippen molar-refractivity contribution in [1.82, 2.24) is 4.57 Å². The van der Waals surface area contributed by atoms with E-state index in [1.165, 1.54) is 11.3 Å². The normalized spacial score (nSPS) is 15.1. The van der Waals surface area contributed by atoms with Crippen molar-refractivity contribution in [2.75, 3.05) is 6.61 Å². The van der Waals surface area contributed by atoms with Gasteiger partial charge in [0.15, 0.2) is 4.80 Å². The van der Waals surface area contributed by atoms with E-state index in [2.05, 4.69) is 20.9 Å². The predicted molar refractivity (Wildman–Crippen MR) is 152 cm³/mol. The van der Waals surface area contributed by atoms with Crippen LogP contribution in [0.4, 0.5) is 0 Å². The third-order valence-corrected chi connectivity index (χ3v) is 7.62. The number of ether oxygens (including phenoxy) is 2. The van der Waals surface area contributed by atoms with Crippen molar-refractivity contribution in [1.29, 1.82) is 0 Å². The summed E-state index contributed by atoms with van der Waals surface area (Å²) in [6.45, 7) is 4.23. The summed E-state index contributed by atoms with van der Waals surface area (Å²) in [4.78, 5) is 31.9. The molecule has 0 saturated heterocycles. The molecular weight excluding hydrogens is 564 g/mol. The molecule has 0 amide bonds. The van der Waals surface area contributed by atoms with Crippen molar-refractivity contribution in [2.24, 2.45) is 4.99 Å². The monoisotopic (exact) mass is 588 g/mol. The minimum absolute atomic E-state index is 0.216. The van der Waals surface area contributed by atoms with Gasteiger partial charge in [0.05, 0.1) is 28.5 Å². The maximum Gasteiger partial charge on any atom is 0.338 e.